The van der Waals surface area contributed by atoms with Gasteiger partial charge >= 0.3 is 6.18 Å². The third-order valence-corrected chi connectivity index (χ3v) is 6.69. The van der Waals surface area contributed by atoms with Crippen LogP contribution in [0.25, 0.3) is 0 Å². The van der Waals surface area contributed by atoms with Gasteiger partial charge in [0.25, 0.3) is 5.91 Å². The molecule has 2 aliphatic heterocycles. The fourth-order valence-electron chi connectivity index (χ4n) is 4.62. The molecule has 0 bridgehead atoms. The molecular formula is C23H30F3N5O. The molecule has 1 saturated heterocycles. The van der Waals surface area contributed by atoms with Gasteiger partial charge in [0, 0.05) is 43.0 Å². The highest BCUT2D eigenvalue weighted by Crippen LogP contribution is 2.44. The van der Waals surface area contributed by atoms with Crippen LogP contribution in [0.2, 0.25) is 0 Å². The van der Waals surface area contributed by atoms with E-state index in [0.717, 1.165) is 4.68 Å². The van der Waals surface area contributed by atoms with Crippen molar-refractivity contribution in [2.24, 2.45) is 5.41 Å². The van der Waals surface area contributed by atoms with Gasteiger partial charge in [0.05, 0.1) is 11.3 Å². The van der Waals surface area contributed by atoms with Crippen LogP contribution in [-0.2, 0) is 0 Å². The van der Waals surface area contributed by atoms with E-state index >= 15 is 0 Å². The molecule has 4 rings (SSSR count). The zero-order valence-corrected chi connectivity index (χ0v) is 18.9. The average molecular weight is 450 g/mol. The highest BCUT2D eigenvalue weighted by Gasteiger charge is 2.48. The van der Waals surface area contributed by atoms with Gasteiger partial charge < -0.3 is 10.2 Å². The summed E-state index contributed by atoms with van der Waals surface area (Å²) in [6.45, 7) is 8.73. The number of amides is 1. The maximum Gasteiger partial charge on any atom is 0.410 e. The second-order valence-corrected chi connectivity index (χ2v) is 9.96. The summed E-state index contributed by atoms with van der Waals surface area (Å²) in [5.41, 5.74) is 1.64. The summed E-state index contributed by atoms with van der Waals surface area (Å²) in [6, 6.07) is 3.36. The highest BCUT2D eigenvalue weighted by molar-refractivity contribution is 5.95. The lowest BCUT2D eigenvalue weighted by molar-refractivity contribution is -0.175. The van der Waals surface area contributed by atoms with E-state index in [2.05, 4.69) is 15.4 Å². The first-order valence-electron chi connectivity index (χ1n) is 11.1. The molecule has 32 heavy (non-hydrogen) atoms. The van der Waals surface area contributed by atoms with Crippen LogP contribution in [0.4, 0.5) is 19.0 Å². The molecule has 2 aliphatic rings. The number of piperidine rings is 1. The number of aromatic nitrogens is 3. The summed E-state index contributed by atoms with van der Waals surface area (Å²) >= 11 is 0. The summed E-state index contributed by atoms with van der Waals surface area (Å²) in [6.07, 6.45) is -1.41. The third-order valence-electron chi connectivity index (χ3n) is 6.69. The summed E-state index contributed by atoms with van der Waals surface area (Å²) < 4.78 is 42.6. The SMILES string of the molecule is Cc1ncccc1C(=O)N1CCC(c2cc3n(n2)[C@@H](C(F)(F)F)C[C@@H](C(C)(C)C)N3)CC1. The molecule has 0 radical (unpaired) electrons. The Morgan fingerprint density at radius 1 is 1.19 bits per heavy atom. The molecule has 1 fully saturated rings. The number of aryl methyl sites for hydroxylation is 1. The van der Waals surface area contributed by atoms with Crippen molar-refractivity contribution in [1.82, 2.24) is 19.7 Å². The van der Waals surface area contributed by atoms with Crippen LogP contribution in [0.15, 0.2) is 24.4 Å². The van der Waals surface area contributed by atoms with Crippen molar-refractivity contribution in [3.05, 3.63) is 41.3 Å². The molecule has 0 saturated carbocycles. The number of anilines is 1. The van der Waals surface area contributed by atoms with E-state index in [9.17, 15) is 18.0 Å². The number of nitrogens with zero attached hydrogens (tertiary/aromatic N) is 4. The van der Waals surface area contributed by atoms with Gasteiger partial charge in [-0.15, -0.1) is 0 Å². The van der Waals surface area contributed by atoms with E-state index in [0.29, 0.717) is 48.7 Å². The van der Waals surface area contributed by atoms with Gasteiger partial charge in [0.2, 0.25) is 0 Å². The van der Waals surface area contributed by atoms with Crippen LogP contribution < -0.4 is 5.32 Å². The third kappa shape index (κ3) is 4.34. The molecule has 174 valence electrons. The predicted octanol–water partition coefficient (Wildman–Crippen LogP) is 4.94. The Bertz CT molecular complexity index is 986. The Morgan fingerprint density at radius 3 is 2.47 bits per heavy atom. The summed E-state index contributed by atoms with van der Waals surface area (Å²) in [5.74, 6) is 0.402. The van der Waals surface area contributed by atoms with Gasteiger partial charge in [-0.2, -0.15) is 18.3 Å². The minimum absolute atomic E-state index is 0.0240. The van der Waals surface area contributed by atoms with Crippen molar-refractivity contribution < 1.29 is 18.0 Å². The maximum atomic E-state index is 13.8. The normalized spacial score (nSPS) is 22.4. The van der Waals surface area contributed by atoms with E-state index in [1.54, 1.807) is 29.3 Å². The fourth-order valence-corrected chi connectivity index (χ4v) is 4.62. The molecule has 0 aliphatic carbocycles. The van der Waals surface area contributed by atoms with Gasteiger partial charge in [0.1, 0.15) is 5.82 Å². The van der Waals surface area contributed by atoms with Crippen molar-refractivity contribution in [3.8, 4) is 0 Å². The number of nitrogens with one attached hydrogen (secondary N) is 1. The molecule has 4 heterocycles. The number of hydrogen-bond donors (Lipinski definition) is 1. The molecular weight excluding hydrogens is 419 g/mol. The molecule has 0 unspecified atom stereocenters. The van der Waals surface area contributed by atoms with Crippen molar-refractivity contribution in [2.75, 3.05) is 18.4 Å². The maximum absolute atomic E-state index is 13.8. The molecule has 0 aromatic carbocycles. The summed E-state index contributed by atoms with van der Waals surface area (Å²) in [4.78, 5) is 18.8. The molecule has 6 nitrogen and oxygen atoms in total. The van der Waals surface area contributed by atoms with Crippen LogP contribution >= 0.6 is 0 Å². The Labute approximate surface area is 186 Å². The van der Waals surface area contributed by atoms with Crippen LogP contribution in [0.5, 0.6) is 0 Å². The van der Waals surface area contributed by atoms with Gasteiger partial charge in [-0.05, 0) is 43.7 Å². The Kier molecular flexibility index (Phi) is 5.71. The standard InChI is InChI=1S/C23H30F3N5O/c1-14-16(6-5-9-27-14)21(32)30-10-7-15(8-11-30)17-12-20-28-18(22(2,3)4)13-19(23(24,25)26)31(20)29-17/h5-6,9,12,15,18-19,28H,7-8,10-11,13H2,1-4H3/t18-,19+/m0/s1. The number of alkyl halides is 3. The van der Waals surface area contributed by atoms with E-state index in [1.807, 2.05) is 27.7 Å². The average Bonchev–Trinajstić information content (AvgIpc) is 3.16. The quantitative estimate of drug-likeness (QED) is 0.706. The van der Waals surface area contributed by atoms with Crippen molar-refractivity contribution in [2.45, 2.75) is 71.1 Å². The Balaban J connectivity index is 1.50. The van der Waals surface area contributed by atoms with Crippen molar-refractivity contribution >= 4 is 11.7 Å². The largest absolute Gasteiger partial charge is 0.410 e. The van der Waals surface area contributed by atoms with Gasteiger partial charge in [0.15, 0.2) is 6.04 Å². The lowest BCUT2D eigenvalue weighted by Gasteiger charge is -2.39. The van der Waals surface area contributed by atoms with E-state index in [1.165, 1.54) is 0 Å². The van der Waals surface area contributed by atoms with Crippen molar-refractivity contribution in [3.63, 3.8) is 0 Å². The molecule has 2 aromatic rings. The van der Waals surface area contributed by atoms with Crippen LogP contribution in [0.3, 0.4) is 0 Å². The number of carbonyl (C=O) groups is 1. The predicted molar refractivity (Wildman–Crippen MR) is 116 cm³/mol. The number of carbonyl (C=O) groups excluding carboxylic acids is 1. The zero-order chi connectivity index (χ0) is 23.3. The van der Waals surface area contributed by atoms with Gasteiger partial charge in [-0.1, -0.05) is 20.8 Å². The topological polar surface area (TPSA) is 63.1 Å². The smallest absolute Gasteiger partial charge is 0.367 e. The summed E-state index contributed by atoms with van der Waals surface area (Å²) in [7, 11) is 0. The Morgan fingerprint density at radius 2 is 1.88 bits per heavy atom. The number of rotatable bonds is 2. The molecule has 1 amide bonds. The van der Waals surface area contributed by atoms with Crippen LogP contribution in [-0.4, -0.2) is 50.9 Å². The van der Waals surface area contributed by atoms with Gasteiger partial charge in [-0.25, -0.2) is 4.68 Å². The summed E-state index contributed by atoms with van der Waals surface area (Å²) in [5, 5.41) is 7.68. The number of halogens is 3. The minimum atomic E-state index is -4.36. The number of hydrogen-bond acceptors (Lipinski definition) is 4. The minimum Gasteiger partial charge on any atom is -0.367 e. The fraction of sp³-hybridized carbons (Fsp3) is 0.609. The molecule has 0 spiro atoms. The number of likely N-dealkylation sites (tertiary alicyclic amines) is 1. The molecule has 9 heteroatoms. The first-order valence-corrected chi connectivity index (χ1v) is 11.1. The second-order valence-electron chi connectivity index (χ2n) is 9.96. The first-order chi connectivity index (χ1) is 14.9. The van der Waals surface area contributed by atoms with E-state index in [-0.39, 0.29) is 29.7 Å². The first kappa shape index (κ1) is 22.6. The number of pyridine rings is 1. The zero-order valence-electron chi connectivity index (χ0n) is 18.9. The van der Waals surface area contributed by atoms with E-state index < -0.39 is 12.2 Å². The van der Waals surface area contributed by atoms with Crippen molar-refractivity contribution in [1.29, 1.82) is 0 Å². The molecule has 2 atom stereocenters. The molecule has 1 N–H and O–H groups in total. The van der Waals surface area contributed by atoms with Crippen LogP contribution in [0, 0.1) is 12.3 Å². The lowest BCUT2D eigenvalue weighted by atomic mass is 9.82. The second kappa shape index (κ2) is 8.08. The molecule has 2 aromatic heterocycles. The van der Waals surface area contributed by atoms with E-state index in [4.69, 9.17) is 0 Å². The highest BCUT2D eigenvalue weighted by atomic mass is 19.4. The van der Waals surface area contributed by atoms with Crippen LogP contribution in [0.1, 0.15) is 73.7 Å². The lowest BCUT2D eigenvalue weighted by Crippen LogP contribution is -2.44. The monoisotopic (exact) mass is 449 g/mol. The number of fused-ring (bicyclic) bond motifs is 1. The van der Waals surface area contributed by atoms with Gasteiger partial charge in [-0.3, -0.25) is 9.78 Å². The Hall–Kier alpha value is -2.58.